The Bertz CT molecular complexity index is 725. The molecule has 1 heterocycles. The van der Waals surface area contributed by atoms with Gasteiger partial charge >= 0.3 is 0 Å². The maximum Gasteiger partial charge on any atom is 0.232 e. The number of unbranched alkanes of at least 4 members (excludes halogenated alkanes) is 2. The number of aliphatic hydroxyl groups is 1. The van der Waals surface area contributed by atoms with Gasteiger partial charge in [-0.15, -0.1) is 0 Å². The van der Waals surface area contributed by atoms with E-state index in [1.165, 1.54) is 0 Å². The van der Waals surface area contributed by atoms with Gasteiger partial charge in [-0.1, -0.05) is 11.6 Å². The molecule has 0 aliphatic carbocycles. The highest BCUT2D eigenvalue weighted by molar-refractivity contribution is 14.1. The Morgan fingerprint density at radius 1 is 1.39 bits per heavy atom. The minimum Gasteiger partial charge on any atom is -0.419 e. The van der Waals surface area contributed by atoms with Gasteiger partial charge in [0.1, 0.15) is 6.07 Å². The Morgan fingerprint density at radius 3 is 2.87 bits per heavy atom. The molecule has 122 valence electrons. The highest BCUT2D eigenvalue weighted by Gasteiger charge is 2.17. The first-order valence-corrected chi connectivity index (χ1v) is 8.74. The third-order valence-corrected chi connectivity index (χ3v) is 4.43. The molecule has 0 saturated heterocycles. The number of hydrogen-bond acceptors (Lipinski definition) is 5. The Labute approximate surface area is 153 Å². The van der Waals surface area contributed by atoms with Crippen molar-refractivity contribution in [2.45, 2.75) is 26.2 Å². The summed E-state index contributed by atoms with van der Waals surface area (Å²) in [6.07, 6.45) is 2.56. The molecule has 0 bridgehead atoms. The van der Waals surface area contributed by atoms with Crippen LogP contribution in [-0.2, 0) is 0 Å². The highest BCUT2D eigenvalue weighted by Crippen LogP contribution is 2.34. The summed E-state index contributed by atoms with van der Waals surface area (Å²) in [5.74, 6) is 0.699. The fourth-order valence-electron chi connectivity index (χ4n) is 2.13. The topological polar surface area (TPSA) is 82.1 Å². The SMILES string of the molecule is Cc1cc(I)cc(-c2nc(C#N)c(NCCCCCO)o2)c1Cl. The van der Waals surface area contributed by atoms with Gasteiger partial charge in [0.15, 0.2) is 0 Å². The van der Waals surface area contributed by atoms with Crippen LogP contribution in [0.5, 0.6) is 0 Å². The molecule has 23 heavy (non-hydrogen) atoms. The standard InChI is InChI=1S/C16H17ClIN3O2/c1-10-7-11(18)8-12(14(10)17)15-21-13(9-19)16(23-15)20-5-3-2-4-6-22/h7-8,20,22H,2-6H2,1H3. The average molecular weight is 446 g/mol. The second-order valence-electron chi connectivity index (χ2n) is 5.10. The zero-order valence-corrected chi connectivity index (χ0v) is 15.6. The number of nitrogens with one attached hydrogen (secondary N) is 1. The Hall–Kier alpha value is -1.30. The lowest BCUT2D eigenvalue weighted by Crippen LogP contribution is -2.02. The molecular formula is C16H17ClIN3O2. The minimum atomic E-state index is 0.195. The molecule has 0 amide bonds. The number of aliphatic hydroxyl groups excluding tert-OH is 1. The number of benzene rings is 1. The average Bonchev–Trinajstić information content (AvgIpc) is 2.93. The van der Waals surface area contributed by atoms with Crippen LogP contribution in [0.3, 0.4) is 0 Å². The highest BCUT2D eigenvalue weighted by atomic mass is 127. The molecule has 0 saturated carbocycles. The second kappa shape index (κ2) is 8.52. The van der Waals surface area contributed by atoms with Crippen molar-refractivity contribution in [1.29, 1.82) is 5.26 Å². The molecule has 2 N–H and O–H groups in total. The molecule has 1 aromatic heterocycles. The minimum absolute atomic E-state index is 0.195. The number of oxazole rings is 1. The number of nitrogens with zero attached hydrogens (tertiary/aromatic N) is 2. The number of hydrogen-bond donors (Lipinski definition) is 2. The van der Waals surface area contributed by atoms with Gasteiger partial charge in [-0.25, -0.2) is 0 Å². The first kappa shape index (κ1) is 18.0. The predicted molar refractivity (Wildman–Crippen MR) is 98.5 cm³/mol. The molecule has 2 rings (SSSR count). The molecule has 0 aliphatic heterocycles. The van der Waals surface area contributed by atoms with Crippen molar-refractivity contribution in [2.24, 2.45) is 0 Å². The predicted octanol–water partition coefficient (Wildman–Crippen LogP) is 4.35. The van der Waals surface area contributed by atoms with Crippen molar-refractivity contribution >= 4 is 40.1 Å². The molecule has 0 aliphatic rings. The van der Waals surface area contributed by atoms with E-state index in [4.69, 9.17) is 21.1 Å². The van der Waals surface area contributed by atoms with Crippen LogP contribution in [0, 0.1) is 21.8 Å². The van der Waals surface area contributed by atoms with Gasteiger partial charge in [0.25, 0.3) is 0 Å². The van der Waals surface area contributed by atoms with Gasteiger partial charge in [0, 0.05) is 16.7 Å². The Balaban J connectivity index is 2.21. The van der Waals surface area contributed by atoms with E-state index in [1.54, 1.807) is 0 Å². The van der Waals surface area contributed by atoms with Crippen LogP contribution in [0.4, 0.5) is 5.88 Å². The maximum atomic E-state index is 9.22. The molecule has 7 heteroatoms. The molecule has 1 aromatic carbocycles. The molecule has 0 unspecified atom stereocenters. The largest absolute Gasteiger partial charge is 0.419 e. The maximum absolute atomic E-state index is 9.22. The van der Waals surface area contributed by atoms with Gasteiger partial charge in [-0.05, 0) is 66.5 Å². The van der Waals surface area contributed by atoms with E-state index >= 15 is 0 Å². The molecule has 0 atom stereocenters. The van der Waals surface area contributed by atoms with Gasteiger partial charge < -0.3 is 14.8 Å². The van der Waals surface area contributed by atoms with Crippen molar-refractivity contribution in [1.82, 2.24) is 4.98 Å². The van der Waals surface area contributed by atoms with Crippen molar-refractivity contribution in [3.05, 3.63) is 32.0 Å². The Morgan fingerprint density at radius 2 is 2.17 bits per heavy atom. The Kier molecular flexibility index (Phi) is 6.69. The zero-order chi connectivity index (χ0) is 16.8. The molecule has 0 radical (unpaired) electrons. The van der Waals surface area contributed by atoms with Crippen LogP contribution in [0.1, 0.15) is 30.5 Å². The van der Waals surface area contributed by atoms with Crippen LogP contribution in [0.25, 0.3) is 11.5 Å². The number of halogens is 2. The van der Waals surface area contributed by atoms with Gasteiger partial charge in [-0.3, -0.25) is 0 Å². The first-order chi connectivity index (χ1) is 11.1. The summed E-state index contributed by atoms with van der Waals surface area (Å²) < 4.78 is 6.73. The van der Waals surface area contributed by atoms with Crippen LogP contribution in [0.2, 0.25) is 5.02 Å². The molecule has 0 fully saturated rings. The fraction of sp³-hybridized carbons (Fsp3) is 0.375. The van der Waals surface area contributed by atoms with Crippen molar-refractivity contribution in [3.8, 4) is 17.5 Å². The van der Waals surface area contributed by atoms with Crippen LogP contribution >= 0.6 is 34.2 Å². The van der Waals surface area contributed by atoms with Gasteiger partial charge in [0.2, 0.25) is 17.5 Å². The smallest absolute Gasteiger partial charge is 0.232 e. The van der Waals surface area contributed by atoms with Crippen molar-refractivity contribution in [3.63, 3.8) is 0 Å². The monoisotopic (exact) mass is 445 g/mol. The third kappa shape index (κ3) is 4.59. The summed E-state index contributed by atoms with van der Waals surface area (Å²) in [6.45, 7) is 2.77. The first-order valence-electron chi connectivity index (χ1n) is 7.28. The van der Waals surface area contributed by atoms with Crippen molar-refractivity contribution in [2.75, 3.05) is 18.5 Å². The van der Waals surface area contributed by atoms with Crippen LogP contribution in [-0.4, -0.2) is 23.2 Å². The van der Waals surface area contributed by atoms with E-state index in [0.717, 1.165) is 28.4 Å². The zero-order valence-electron chi connectivity index (χ0n) is 12.7. The summed E-state index contributed by atoms with van der Waals surface area (Å²) in [6, 6.07) is 5.89. The van der Waals surface area contributed by atoms with E-state index in [2.05, 4.69) is 32.9 Å². The lowest BCUT2D eigenvalue weighted by Gasteiger charge is -2.05. The van der Waals surface area contributed by atoms with Gasteiger partial charge in [-0.2, -0.15) is 10.2 Å². The van der Waals surface area contributed by atoms with E-state index < -0.39 is 0 Å². The third-order valence-electron chi connectivity index (χ3n) is 3.30. The van der Waals surface area contributed by atoms with E-state index in [9.17, 15) is 5.26 Å². The number of aryl methyl sites for hydroxylation is 1. The summed E-state index contributed by atoms with van der Waals surface area (Å²) >= 11 is 8.54. The lowest BCUT2D eigenvalue weighted by molar-refractivity contribution is 0.283. The molecule has 2 aromatic rings. The lowest BCUT2D eigenvalue weighted by atomic mass is 10.1. The summed E-state index contributed by atoms with van der Waals surface area (Å²) in [5, 5.41) is 21.6. The second-order valence-corrected chi connectivity index (χ2v) is 6.73. The quantitative estimate of drug-likeness (QED) is 0.489. The van der Waals surface area contributed by atoms with E-state index in [0.29, 0.717) is 28.9 Å². The summed E-state index contributed by atoms with van der Waals surface area (Å²) in [4.78, 5) is 4.24. The summed E-state index contributed by atoms with van der Waals surface area (Å²) in [5.41, 5.74) is 1.83. The summed E-state index contributed by atoms with van der Waals surface area (Å²) in [7, 11) is 0. The number of nitriles is 1. The number of anilines is 1. The van der Waals surface area contributed by atoms with Crippen molar-refractivity contribution < 1.29 is 9.52 Å². The normalized spacial score (nSPS) is 10.6. The fourth-order valence-corrected chi connectivity index (χ4v) is 3.10. The number of aromatic nitrogens is 1. The molecular weight excluding hydrogens is 429 g/mol. The van der Waals surface area contributed by atoms with E-state index in [1.807, 2.05) is 25.1 Å². The number of rotatable bonds is 7. The van der Waals surface area contributed by atoms with E-state index in [-0.39, 0.29) is 12.3 Å². The van der Waals surface area contributed by atoms with Crippen LogP contribution in [0.15, 0.2) is 16.5 Å². The van der Waals surface area contributed by atoms with Gasteiger partial charge in [0.05, 0.1) is 10.6 Å². The molecule has 0 spiro atoms. The van der Waals surface area contributed by atoms with Crippen LogP contribution < -0.4 is 5.32 Å². The molecule has 5 nitrogen and oxygen atoms in total.